The maximum absolute atomic E-state index is 12.6. The van der Waals surface area contributed by atoms with E-state index in [1.807, 2.05) is 0 Å². The Hall–Kier alpha value is -1.18. The maximum atomic E-state index is 12.6. The highest BCUT2D eigenvalue weighted by Crippen LogP contribution is 2.23. The van der Waals surface area contributed by atoms with Crippen LogP contribution in [0, 0.1) is 13.8 Å². The van der Waals surface area contributed by atoms with Gasteiger partial charge in [0.15, 0.2) is 0 Å². The first-order chi connectivity index (χ1) is 9.21. The van der Waals surface area contributed by atoms with Gasteiger partial charge in [0.1, 0.15) is 4.90 Å². The van der Waals surface area contributed by atoms with Crippen LogP contribution in [0.15, 0.2) is 17.0 Å². The number of hydrogen-bond donors (Lipinski definition) is 1. The summed E-state index contributed by atoms with van der Waals surface area (Å²) in [7, 11) is -1.99. The molecule has 114 valence electrons. The summed E-state index contributed by atoms with van der Waals surface area (Å²) >= 11 is 0. The lowest BCUT2D eigenvalue weighted by molar-refractivity contribution is 0.491. The van der Waals surface area contributed by atoms with E-state index in [-0.39, 0.29) is 0 Å². The summed E-state index contributed by atoms with van der Waals surface area (Å²) in [5.74, 6) is 0. The van der Waals surface area contributed by atoms with Crippen molar-refractivity contribution < 1.29 is 8.42 Å². The van der Waals surface area contributed by atoms with Crippen LogP contribution in [-0.4, -0.2) is 42.6 Å². The standard InChI is InChI=1S/C13H24N4O2S/c1-10(2)9-16(5)20(18,19)13-11(3)15-17(12(13)4)8-6-7-14/h1,6-9,14H2,2-5H3. The molecule has 0 saturated heterocycles. The van der Waals surface area contributed by atoms with Crippen LogP contribution in [0.3, 0.4) is 0 Å². The molecule has 7 heteroatoms. The Labute approximate surface area is 121 Å². The zero-order valence-corrected chi connectivity index (χ0v) is 13.5. The van der Waals surface area contributed by atoms with Gasteiger partial charge in [0.2, 0.25) is 10.0 Å². The fourth-order valence-electron chi connectivity index (χ4n) is 2.13. The largest absolute Gasteiger partial charge is 0.330 e. The van der Waals surface area contributed by atoms with Crippen molar-refractivity contribution in [2.24, 2.45) is 5.73 Å². The molecule has 0 spiro atoms. The van der Waals surface area contributed by atoms with Crippen LogP contribution >= 0.6 is 0 Å². The van der Waals surface area contributed by atoms with E-state index in [0.29, 0.717) is 35.9 Å². The van der Waals surface area contributed by atoms with Crippen molar-refractivity contribution in [1.82, 2.24) is 14.1 Å². The van der Waals surface area contributed by atoms with Crippen LogP contribution in [0.4, 0.5) is 0 Å². The molecule has 0 amide bonds. The second-order valence-corrected chi connectivity index (χ2v) is 7.07. The van der Waals surface area contributed by atoms with E-state index >= 15 is 0 Å². The molecular weight excluding hydrogens is 276 g/mol. The third-order valence-corrected chi connectivity index (χ3v) is 5.11. The average Bonchev–Trinajstić information content (AvgIpc) is 2.61. The Kier molecular flexibility index (Phi) is 5.50. The van der Waals surface area contributed by atoms with Crippen LogP contribution in [0.5, 0.6) is 0 Å². The van der Waals surface area contributed by atoms with Crippen molar-refractivity contribution in [3.63, 3.8) is 0 Å². The Morgan fingerprint density at radius 2 is 2.05 bits per heavy atom. The highest BCUT2D eigenvalue weighted by molar-refractivity contribution is 7.89. The minimum Gasteiger partial charge on any atom is -0.330 e. The summed E-state index contributed by atoms with van der Waals surface area (Å²) in [5.41, 5.74) is 7.45. The van der Waals surface area contributed by atoms with E-state index in [9.17, 15) is 8.42 Å². The fourth-order valence-corrected chi connectivity index (χ4v) is 3.73. The second-order valence-electron chi connectivity index (χ2n) is 5.08. The molecule has 0 unspecified atom stereocenters. The monoisotopic (exact) mass is 300 g/mol. The number of nitrogens with zero attached hydrogens (tertiary/aromatic N) is 3. The quantitative estimate of drug-likeness (QED) is 0.763. The van der Waals surface area contributed by atoms with Gasteiger partial charge in [0.05, 0.1) is 11.4 Å². The molecule has 0 aliphatic heterocycles. The van der Waals surface area contributed by atoms with E-state index in [1.54, 1.807) is 32.5 Å². The van der Waals surface area contributed by atoms with Crippen LogP contribution < -0.4 is 5.73 Å². The predicted octanol–water partition coefficient (Wildman–Crippen LogP) is 1.05. The number of hydrogen-bond acceptors (Lipinski definition) is 4. The smallest absolute Gasteiger partial charge is 0.246 e. The summed E-state index contributed by atoms with van der Waals surface area (Å²) in [4.78, 5) is 0.290. The molecular formula is C13H24N4O2S. The third kappa shape index (κ3) is 3.47. The van der Waals surface area contributed by atoms with Gasteiger partial charge in [-0.1, -0.05) is 12.2 Å². The van der Waals surface area contributed by atoms with Crippen LogP contribution in [0.1, 0.15) is 24.7 Å². The Morgan fingerprint density at radius 1 is 1.45 bits per heavy atom. The lowest BCUT2D eigenvalue weighted by Crippen LogP contribution is -2.29. The van der Waals surface area contributed by atoms with Gasteiger partial charge in [-0.3, -0.25) is 4.68 Å². The topological polar surface area (TPSA) is 81.2 Å². The van der Waals surface area contributed by atoms with Gasteiger partial charge < -0.3 is 5.73 Å². The Bertz CT molecular complexity index is 590. The molecule has 0 aromatic carbocycles. The highest BCUT2D eigenvalue weighted by atomic mass is 32.2. The molecule has 0 aliphatic carbocycles. The summed E-state index contributed by atoms with van der Waals surface area (Å²) < 4.78 is 28.2. The number of aryl methyl sites for hydroxylation is 2. The molecule has 0 bridgehead atoms. The van der Waals surface area contributed by atoms with Crippen molar-refractivity contribution in [2.45, 2.75) is 38.6 Å². The van der Waals surface area contributed by atoms with Crippen molar-refractivity contribution in [2.75, 3.05) is 20.1 Å². The number of nitrogens with two attached hydrogens (primary N) is 1. The van der Waals surface area contributed by atoms with Crippen molar-refractivity contribution in [3.8, 4) is 0 Å². The molecule has 0 fully saturated rings. The molecule has 2 N–H and O–H groups in total. The van der Waals surface area contributed by atoms with E-state index in [0.717, 1.165) is 12.0 Å². The van der Waals surface area contributed by atoms with E-state index in [4.69, 9.17) is 5.73 Å². The third-order valence-electron chi connectivity index (χ3n) is 3.05. The average molecular weight is 300 g/mol. The van der Waals surface area contributed by atoms with E-state index < -0.39 is 10.0 Å². The first-order valence-electron chi connectivity index (χ1n) is 6.56. The number of sulfonamides is 1. The molecule has 1 aromatic rings. The van der Waals surface area contributed by atoms with Gasteiger partial charge in [0.25, 0.3) is 0 Å². The van der Waals surface area contributed by atoms with Crippen LogP contribution in [0.2, 0.25) is 0 Å². The number of rotatable bonds is 7. The normalized spacial score (nSPS) is 12.1. The summed E-state index contributed by atoms with van der Waals surface area (Å²) in [6.45, 7) is 10.5. The van der Waals surface area contributed by atoms with Gasteiger partial charge >= 0.3 is 0 Å². The van der Waals surface area contributed by atoms with Crippen molar-refractivity contribution >= 4 is 10.0 Å². The molecule has 0 saturated carbocycles. The van der Waals surface area contributed by atoms with Gasteiger partial charge in [-0.25, -0.2) is 8.42 Å². The minimum atomic E-state index is -3.54. The molecule has 1 aromatic heterocycles. The van der Waals surface area contributed by atoms with E-state index in [2.05, 4.69) is 11.7 Å². The number of aromatic nitrogens is 2. The molecule has 20 heavy (non-hydrogen) atoms. The zero-order valence-electron chi connectivity index (χ0n) is 12.7. The fraction of sp³-hybridized carbons (Fsp3) is 0.615. The molecule has 1 rings (SSSR count). The number of likely N-dealkylation sites (N-methyl/N-ethyl adjacent to an activating group) is 1. The lowest BCUT2D eigenvalue weighted by atomic mass is 10.4. The summed E-state index contributed by atoms with van der Waals surface area (Å²) in [5, 5.41) is 4.31. The summed E-state index contributed by atoms with van der Waals surface area (Å²) in [6.07, 6.45) is 0.767. The molecule has 1 heterocycles. The van der Waals surface area contributed by atoms with Crippen LogP contribution in [-0.2, 0) is 16.6 Å². The van der Waals surface area contributed by atoms with E-state index in [1.165, 1.54) is 4.31 Å². The first kappa shape index (κ1) is 16.9. The van der Waals surface area contributed by atoms with Gasteiger partial charge in [0, 0.05) is 20.1 Å². The minimum absolute atomic E-state index is 0.290. The van der Waals surface area contributed by atoms with Gasteiger partial charge in [-0.2, -0.15) is 9.40 Å². The molecule has 0 radical (unpaired) electrons. The second kappa shape index (κ2) is 6.51. The Balaban J connectivity index is 3.18. The van der Waals surface area contributed by atoms with Gasteiger partial charge in [-0.05, 0) is 33.7 Å². The molecule has 0 aliphatic rings. The highest BCUT2D eigenvalue weighted by Gasteiger charge is 2.28. The Morgan fingerprint density at radius 3 is 2.55 bits per heavy atom. The maximum Gasteiger partial charge on any atom is 0.246 e. The van der Waals surface area contributed by atoms with Crippen LogP contribution in [0.25, 0.3) is 0 Å². The molecule has 0 atom stereocenters. The zero-order chi connectivity index (χ0) is 15.5. The van der Waals surface area contributed by atoms with Crippen molar-refractivity contribution in [1.29, 1.82) is 0 Å². The van der Waals surface area contributed by atoms with Gasteiger partial charge in [-0.15, -0.1) is 0 Å². The SMILES string of the molecule is C=C(C)CN(C)S(=O)(=O)c1c(C)nn(CCCN)c1C. The summed E-state index contributed by atoms with van der Waals surface area (Å²) in [6, 6.07) is 0. The lowest BCUT2D eigenvalue weighted by Gasteiger charge is -2.17. The molecule has 6 nitrogen and oxygen atoms in total. The van der Waals surface area contributed by atoms with Crippen molar-refractivity contribution in [3.05, 3.63) is 23.5 Å². The first-order valence-corrected chi connectivity index (χ1v) is 8.00. The predicted molar refractivity (Wildman–Crippen MR) is 80.0 cm³/mol.